The molecule has 0 radical (unpaired) electrons. The number of rotatable bonds is 5. The number of urea groups is 1. The minimum Gasteiger partial charge on any atom is -0.493 e. The summed E-state index contributed by atoms with van der Waals surface area (Å²) < 4.78 is 32.2. The van der Waals surface area contributed by atoms with Gasteiger partial charge in [0.05, 0.1) is 12.8 Å². The fraction of sp³-hybridized carbons (Fsp3) is 0.188. The Labute approximate surface area is 155 Å². The van der Waals surface area contributed by atoms with Gasteiger partial charge in [0, 0.05) is 24.2 Å². The van der Waals surface area contributed by atoms with Crippen LogP contribution in [-0.2, 0) is 23.4 Å². The second-order valence-electron chi connectivity index (χ2n) is 5.65. The molecule has 2 aromatic rings. The standard InChI is InChI=1S/C16H16ClN3O5S/c1-24-14-6-11-9-20(8-10-3-2-4-12(17)5-10)16(21)19-13(11)7-15(14)25-26(18,22)23/h2-7H,8-9H2,1H3,(H,19,21)(H2,18,22,23). The summed E-state index contributed by atoms with van der Waals surface area (Å²) in [5.41, 5.74) is 2.05. The summed E-state index contributed by atoms with van der Waals surface area (Å²) >= 11 is 5.98. The van der Waals surface area contributed by atoms with Gasteiger partial charge in [-0.15, -0.1) is 0 Å². The number of ether oxygens (including phenoxy) is 1. The summed E-state index contributed by atoms with van der Waals surface area (Å²) in [6.45, 7) is 0.670. The molecule has 0 fully saturated rings. The molecule has 1 aliphatic heterocycles. The number of carbonyl (C=O) groups is 1. The Kier molecular flexibility index (Phi) is 4.94. The van der Waals surface area contributed by atoms with E-state index in [1.165, 1.54) is 13.2 Å². The van der Waals surface area contributed by atoms with Crippen molar-refractivity contribution in [2.75, 3.05) is 12.4 Å². The lowest BCUT2D eigenvalue weighted by Crippen LogP contribution is -2.38. The monoisotopic (exact) mass is 397 g/mol. The lowest BCUT2D eigenvalue weighted by molar-refractivity contribution is 0.204. The molecule has 0 spiro atoms. The van der Waals surface area contributed by atoms with E-state index in [0.717, 1.165) is 11.1 Å². The number of methoxy groups -OCH3 is 1. The normalized spacial score (nSPS) is 13.8. The molecule has 0 aliphatic carbocycles. The Morgan fingerprint density at radius 3 is 2.69 bits per heavy atom. The minimum atomic E-state index is -4.22. The molecule has 3 rings (SSSR count). The Bertz CT molecular complexity index is 964. The molecule has 0 saturated heterocycles. The fourth-order valence-electron chi connectivity index (χ4n) is 2.65. The number of nitrogens with two attached hydrogens (primary N) is 1. The van der Waals surface area contributed by atoms with E-state index in [1.54, 1.807) is 23.1 Å². The SMILES string of the molecule is COc1cc2c(cc1OS(N)(=O)=O)NC(=O)N(Cc1cccc(Cl)c1)C2. The Hall–Kier alpha value is -2.49. The molecule has 26 heavy (non-hydrogen) atoms. The molecule has 1 heterocycles. The van der Waals surface area contributed by atoms with E-state index < -0.39 is 10.3 Å². The molecule has 8 nitrogen and oxygen atoms in total. The number of halogens is 1. The molecule has 0 saturated carbocycles. The molecular weight excluding hydrogens is 382 g/mol. The zero-order valence-corrected chi connectivity index (χ0v) is 15.3. The van der Waals surface area contributed by atoms with Crippen LogP contribution in [0.15, 0.2) is 36.4 Å². The van der Waals surface area contributed by atoms with Crippen LogP contribution in [0.25, 0.3) is 0 Å². The van der Waals surface area contributed by atoms with Crippen LogP contribution in [0.1, 0.15) is 11.1 Å². The highest BCUT2D eigenvalue weighted by molar-refractivity contribution is 7.84. The fourth-order valence-corrected chi connectivity index (χ4v) is 3.25. The Morgan fingerprint density at radius 2 is 2.04 bits per heavy atom. The smallest absolute Gasteiger partial charge is 0.380 e. The van der Waals surface area contributed by atoms with Crippen molar-refractivity contribution < 1.29 is 22.1 Å². The van der Waals surface area contributed by atoms with Crippen molar-refractivity contribution in [3.63, 3.8) is 0 Å². The van der Waals surface area contributed by atoms with Crippen LogP contribution in [0, 0.1) is 0 Å². The number of fused-ring (bicyclic) bond motifs is 1. The second-order valence-corrected chi connectivity index (χ2v) is 7.24. The number of carbonyl (C=O) groups excluding carboxylic acids is 1. The summed E-state index contributed by atoms with van der Waals surface area (Å²) in [6, 6.07) is 9.87. The van der Waals surface area contributed by atoms with Gasteiger partial charge in [-0.05, 0) is 29.3 Å². The van der Waals surface area contributed by atoms with Crippen molar-refractivity contribution in [2.45, 2.75) is 13.1 Å². The van der Waals surface area contributed by atoms with Crippen LogP contribution in [-0.4, -0.2) is 26.5 Å². The lowest BCUT2D eigenvalue weighted by atomic mass is 10.1. The first-order valence-electron chi connectivity index (χ1n) is 7.48. The molecule has 3 N–H and O–H groups in total. The van der Waals surface area contributed by atoms with Gasteiger partial charge in [0.15, 0.2) is 11.5 Å². The molecule has 2 aromatic carbocycles. The summed E-state index contributed by atoms with van der Waals surface area (Å²) in [5, 5.41) is 8.20. The van der Waals surface area contributed by atoms with Gasteiger partial charge in [-0.2, -0.15) is 13.6 Å². The summed E-state index contributed by atoms with van der Waals surface area (Å²) in [6.07, 6.45) is 0. The average Bonchev–Trinajstić information content (AvgIpc) is 2.54. The number of nitrogens with one attached hydrogen (secondary N) is 1. The van der Waals surface area contributed by atoms with Crippen molar-refractivity contribution in [3.05, 3.63) is 52.5 Å². The van der Waals surface area contributed by atoms with Gasteiger partial charge in [-0.1, -0.05) is 23.7 Å². The predicted octanol–water partition coefficient (Wildman–Crippen LogP) is 2.48. The molecule has 138 valence electrons. The molecule has 1 aliphatic rings. The van der Waals surface area contributed by atoms with Crippen LogP contribution >= 0.6 is 11.6 Å². The number of hydrogen-bond donors (Lipinski definition) is 2. The van der Waals surface area contributed by atoms with Crippen molar-refractivity contribution >= 4 is 33.6 Å². The van der Waals surface area contributed by atoms with Crippen LogP contribution in [0.3, 0.4) is 0 Å². The van der Waals surface area contributed by atoms with Crippen LogP contribution in [0.4, 0.5) is 10.5 Å². The largest absolute Gasteiger partial charge is 0.493 e. The lowest BCUT2D eigenvalue weighted by Gasteiger charge is -2.30. The molecule has 0 aromatic heterocycles. The third-order valence-corrected chi connectivity index (χ3v) is 4.39. The number of hydrogen-bond acceptors (Lipinski definition) is 5. The molecular formula is C16H16ClN3O5S. The maximum absolute atomic E-state index is 12.4. The maximum atomic E-state index is 12.4. The van der Waals surface area contributed by atoms with E-state index in [9.17, 15) is 13.2 Å². The first-order valence-corrected chi connectivity index (χ1v) is 9.33. The van der Waals surface area contributed by atoms with Gasteiger partial charge in [0.25, 0.3) is 0 Å². The van der Waals surface area contributed by atoms with E-state index in [-0.39, 0.29) is 17.5 Å². The summed E-state index contributed by atoms with van der Waals surface area (Å²) in [5.74, 6) is 0.0916. The van der Waals surface area contributed by atoms with E-state index in [4.69, 9.17) is 25.7 Å². The summed E-state index contributed by atoms with van der Waals surface area (Å²) in [7, 11) is -2.84. The first kappa shape index (κ1) is 18.3. The van der Waals surface area contributed by atoms with E-state index in [1.807, 2.05) is 12.1 Å². The van der Waals surface area contributed by atoms with Crippen LogP contribution in [0.2, 0.25) is 5.02 Å². The molecule has 0 unspecified atom stereocenters. The number of nitrogens with zero attached hydrogens (tertiary/aromatic N) is 1. The quantitative estimate of drug-likeness (QED) is 0.805. The van der Waals surface area contributed by atoms with Gasteiger partial charge < -0.3 is 19.1 Å². The van der Waals surface area contributed by atoms with Gasteiger partial charge in [-0.25, -0.2) is 4.79 Å². The number of anilines is 1. The average molecular weight is 398 g/mol. The van der Waals surface area contributed by atoms with Crippen LogP contribution in [0.5, 0.6) is 11.5 Å². The second kappa shape index (κ2) is 7.02. The minimum absolute atomic E-state index is 0.0997. The van der Waals surface area contributed by atoms with Crippen molar-refractivity contribution in [3.8, 4) is 11.5 Å². The highest BCUT2D eigenvalue weighted by Crippen LogP contribution is 2.37. The summed E-state index contributed by atoms with van der Waals surface area (Å²) in [4.78, 5) is 14.0. The predicted molar refractivity (Wildman–Crippen MR) is 96.4 cm³/mol. The maximum Gasteiger partial charge on any atom is 0.380 e. The van der Waals surface area contributed by atoms with Crippen molar-refractivity contribution in [2.24, 2.45) is 5.14 Å². The number of amides is 2. The topological polar surface area (TPSA) is 111 Å². The molecule has 10 heteroatoms. The molecule has 0 bridgehead atoms. The molecule has 2 amide bonds. The van der Waals surface area contributed by atoms with Gasteiger partial charge >= 0.3 is 16.3 Å². The third-order valence-electron chi connectivity index (χ3n) is 3.75. The Morgan fingerprint density at radius 1 is 1.27 bits per heavy atom. The van der Waals surface area contributed by atoms with Crippen molar-refractivity contribution in [1.29, 1.82) is 0 Å². The van der Waals surface area contributed by atoms with E-state index in [2.05, 4.69) is 5.32 Å². The zero-order valence-electron chi connectivity index (χ0n) is 13.7. The van der Waals surface area contributed by atoms with Gasteiger partial charge in [0.2, 0.25) is 0 Å². The van der Waals surface area contributed by atoms with Crippen molar-refractivity contribution in [1.82, 2.24) is 4.90 Å². The van der Waals surface area contributed by atoms with Gasteiger partial charge in [-0.3, -0.25) is 0 Å². The zero-order chi connectivity index (χ0) is 18.9. The molecule has 0 atom stereocenters. The van der Waals surface area contributed by atoms with E-state index >= 15 is 0 Å². The van der Waals surface area contributed by atoms with Gasteiger partial charge in [0.1, 0.15) is 0 Å². The van der Waals surface area contributed by atoms with Crippen LogP contribution < -0.4 is 19.4 Å². The van der Waals surface area contributed by atoms with E-state index in [0.29, 0.717) is 23.8 Å². The highest BCUT2D eigenvalue weighted by atomic mass is 35.5. The Balaban J connectivity index is 1.88. The number of benzene rings is 2. The first-order chi connectivity index (χ1) is 12.2. The highest BCUT2D eigenvalue weighted by Gasteiger charge is 2.25. The third kappa shape index (κ3) is 4.18.